The zero-order chi connectivity index (χ0) is 22.0. The molecule has 156 valence electrons. The van der Waals surface area contributed by atoms with Crippen molar-refractivity contribution in [1.29, 1.82) is 0 Å². The van der Waals surface area contributed by atoms with Crippen LogP contribution in [0.25, 0.3) is 5.57 Å². The van der Waals surface area contributed by atoms with Crippen LogP contribution in [0.3, 0.4) is 0 Å². The van der Waals surface area contributed by atoms with E-state index in [1.165, 1.54) is 4.90 Å². The number of nitrogens with one attached hydrogen (secondary N) is 1. The number of amides is 2. The fourth-order valence-corrected chi connectivity index (χ4v) is 3.70. The van der Waals surface area contributed by atoms with Crippen molar-refractivity contribution in [3.05, 3.63) is 94.9 Å². The standard InChI is InChI=1S/C25H23N3O3/c1-16-7-8-21(17(2)13-16)22-23(27-19-5-4-6-20(14-19)31-3)25(30)28(24(22)29)15-18-9-11-26-12-10-18/h4-14,27H,15H2,1-3H3. The maximum Gasteiger partial charge on any atom is 0.278 e. The zero-order valence-corrected chi connectivity index (χ0v) is 17.7. The van der Waals surface area contributed by atoms with E-state index in [4.69, 9.17) is 4.74 Å². The highest BCUT2D eigenvalue weighted by Gasteiger charge is 2.39. The smallest absolute Gasteiger partial charge is 0.278 e. The molecule has 1 aliphatic rings. The lowest BCUT2D eigenvalue weighted by Crippen LogP contribution is -2.32. The van der Waals surface area contributed by atoms with Crippen LogP contribution in [0.4, 0.5) is 5.69 Å². The summed E-state index contributed by atoms with van der Waals surface area (Å²) < 4.78 is 5.29. The van der Waals surface area contributed by atoms with Gasteiger partial charge in [0.15, 0.2) is 0 Å². The molecule has 2 amide bonds. The first-order valence-corrected chi connectivity index (χ1v) is 9.96. The predicted octanol–water partition coefficient (Wildman–Crippen LogP) is 4.10. The monoisotopic (exact) mass is 413 g/mol. The van der Waals surface area contributed by atoms with Gasteiger partial charge in [0.2, 0.25) is 0 Å². The summed E-state index contributed by atoms with van der Waals surface area (Å²) in [5, 5.41) is 3.18. The average molecular weight is 413 g/mol. The Kier molecular flexibility index (Phi) is 5.54. The Bertz CT molecular complexity index is 1190. The highest BCUT2D eigenvalue weighted by atomic mass is 16.5. The lowest BCUT2D eigenvalue weighted by atomic mass is 9.97. The van der Waals surface area contributed by atoms with Crippen LogP contribution in [-0.2, 0) is 16.1 Å². The molecular formula is C25H23N3O3. The van der Waals surface area contributed by atoms with Gasteiger partial charge in [-0.15, -0.1) is 0 Å². The van der Waals surface area contributed by atoms with Gasteiger partial charge in [-0.1, -0.05) is 29.8 Å². The Labute approximate surface area is 181 Å². The molecule has 1 N–H and O–H groups in total. The first kappa shape index (κ1) is 20.3. The lowest BCUT2D eigenvalue weighted by molar-refractivity contribution is -0.137. The third-order valence-corrected chi connectivity index (χ3v) is 5.25. The molecule has 0 atom stereocenters. The number of methoxy groups -OCH3 is 1. The third kappa shape index (κ3) is 4.05. The van der Waals surface area contributed by atoms with E-state index < -0.39 is 0 Å². The molecule has 0 radical (unpaired) electrons. The van der Waals surface area contributed by atoms with Gasteiger partial charge in [0.05, 0.1) is 19.2 Å². The van der Waals surface area contributed by atoms with Crippen LogP contribution in [0.2, 0.25) is 0 Å². The van der Waals surface area contributed by atoms with Crippen LogP contribution in [0, 0.1) is 13.8 Å². The fourth-order valence-electron chi connectivity index (χ4n) is 3.70. The molecule has 0 unspecified atom stereocenters. The van der Waals surface area contributed by atoms with Crippen molar-refractivity contribution in [2.45, 2.75) is 20.4 Å². The van der Waals surface area contributed by atoms with E-state index in [0.717, 1.165) is 22.3 Å². The molecule has 4 rings (SSSR count). The normalized spacial score (nSPS) is 13.7. The summed E-state index contributed by atoms with van der Waals surface area (Å²) in [6, 6.07) is 16.7. The van der Waals surface area contributed by atoms with E-state index in [1.54, 1.807) is 37.7 Å². The van der Waals surface area contributed by atoms with Crippen LogP contribution in [0.5, 0.6) is 5.75 Å². The van der Waals surface area contributed by atoms with Crippen LogP contribution in [0.15, 0.2) is 72.7 Å². The van der Waals surface area contributed by atoms with Gasteiger partial charge in [0.25, 0.3) is 11.8 Å². The molecule has 0 saturated heterocycles. The number of rotatable bonds is 6. The summed E-state index contributed by atoms with van der Waals surface area (Å²) in [6.07, 6.45) is 3.29. The van der Waals surface area contributed by atoms with Crippen LogP contribution in [-0.4, -0.2) is 28.8 Å². The SMILES string of the molecule is COc1cccc(NC2=C(c3ccc(C)cc3C)C(=O)N(Cc3ccncc3)C2=O)c1. The van der Waals surface area contributed by atoms with E-state index in [2.05, 4.69) is 10.3 Å². The number of aryl methyl sites for hydroxylation is 2. The summed E-state index contributed by atoms with van der Waals surface area (Å²) in [5.41, 5.74) is 4.91. The maximum atomic E-state index is 13.4. The van der Waals surface area contributed by atoms with Gasteiger partial charge >= 0.3 is 0 Å². The Morgan fingerprint density at radius 1 is 0.968 bits per heavy atom. The van der Waals surface area contributed by atoms with Gasteiger partial charge in [-0.25, -0.2) is 0 Å². The number of pyridine rings is 1. The number of hydrogen-bond donors (Lipinski definition) is 1. The van der Waals surface area contributed by atoms with Crippen molar-refractivity contribution >= 4 is 23.1 Å². The molecule has 0 bridgehead atoms. The first-order chi connectivity index (χ1) is 15.0. The molecule has 6 nitrogen and oxygen atoms in total. The number of aromatic nitrogens is 1. The molecule has 2 heterocycles. The number of nitrogens with zero attached hydrogens (tertiary/aromatic N) is 2. The average Bonchev–Trinajstić information content (AvgIpc) is 2.99. The van der Waals surface area contributed by atoms with Gasteiger partial charge < -0.3 is 10.1 Å². The van der Waals surface area contributed by atoms with Gasteiger partial charge in [0, 0.05) is 24.1 Å². The minimum absolute atomic E-state index is 0.178. The lowest BCUT2D eigenvalue weighted by Gasteiger charge is -2.15. The van der Waals surface area contributed by atoms with Crippen LogP contribution in [0.1, 0.15) is 22.3 Å². The number of hydrogen-bond acceptors (Lipinski definition) is 5. The number of ether oxygens (including phenoxy) is 1. The van der Waals surface area contributed by atoms with Crippen molar-refractivity contribution < 1.29 is 14.3 Å². The summed E-state index contributed by atoms with van der Waals surface area (Å²) >= 11 is 0. The largest absolute Gasteiger partial charge is 0.497 e. The van der Waals surface area contributed by atoms with Crippen molar-refractivity contribution in [3.8, 4) is 5.75 Å². The summed E-state index contributed by atoms with van der Waals surface area (Å²) in [6.45, 7) is 4.12. The van der Waals surface area contributed by atoms with Crippen molar-refractivity contribution in [2.75, 3.05) is 12.4 Å². The molecule has 2 aromatic carbocycles. The number of benzene rings is 2. The third-order valence-electron chi connectivity index (χ3n) is 5.25. The van der Waals surface area contributed by atoms with Gasteiger partial charge in [-0.2, -0.15) is 0 Å². The fraction of sp³-hybridized carbons (Fsp3) is 0.160. The van der Waals surface area contributed by atoms with Crippen LogP contribution < -0.4 is 10.1 Å². The van der Waals surface area contributed by atoms with Gasteiger partial charge in [-0.3, -0.25) is 19.5 Å². The molecule has 0 spiro atoms. The molecular weight excluding hydrogens is 390 g/mol. The summed E-state index contributed by atoms with van der Waals surface area (Å²) in [7, 11) is 1.58. The second-order valence-corrected chi connectivity index (χ2v) is 7.48. The summed E-state index contributed by atoms with van der Waals surface area (Å²) in [5.74, 6) is -0.0251. The molecule has 0 aliphatic carbocycles. The molecule has 1 aromatic heterocycles. The van der Waals surface area contributed by atoms with E-state index in [0.29, 0.717) is 17.0 Å². The number of carbonyl (C=O) groups is 2. The van der Waals surface area contributed by atoms with Crippen molar-refractivity contribution in [3.63, 3.8) is 0 Å². The molecule has 0 saturated carbocycles. The second kappa shape index (κ2) is 8.44. The van der Waals surface area contributed by atoms with E-state index in [1.807, 2.05) is 50.2 Å². The number of anilines is 1. The molecule has 1 aliphatic heterocycles. The highest BCUT2D eigenvalue weighted by molar-refractivity contribution is 6.36. The van der Waals surface area contributed by atoms with Gasteiger partial charge in [-0.05, 0) is 54.8 Å². The molecule has 31 heavy (non-hydrogen) atoms. The number of carbonyl (C=O) groups excluding carboxylic acids is 2. The minimum atomic E-state index is -0.361. The predicted molar refractivity (Wildman–Crippen MR) is 119 cm³/mol. The van der Waals surface area contributed by atoms with Gasteiger partial charge in [0.1, 0.15) is 11.4 Å². The number of imide groups is 1. The quantitative estimate of drug-likeness (QED) is 0.616. The van der Waals surface area contributed by atoms with E-state index >= 15 is 0 Å². The minimum Gasteiger partial charge on any atom is -0.497 e. The van der Waals surface area contributed by atoms with E-state index in [9.17, 15) is 9.59 Å². The molecule has 6 heteroatoms. The Balaban J connectivity index is 1.78. The second-order valence-electron chi connectivity index (χ2n) is 7.48. The Hall–Kier alpha value is -3.93. The molecule has 3 aromatic rings. The molecule has 0 fully saturated rings. The Morgan fingerprint density at radius 2 is 1.74 bits per heavy atom. The topological polar surface area (TPSA) is 71.5 Å². The van der Waals surface area contributed by atoms with E-state index in [-0.39, 0.29) is 24.1 Å². The Morgan fingerprint density at radius 3 is 2.45 bits per heavy atom. The van der Waals surface area contributed by atoms with Crippen molar-refractivity contribution in [2.24, 2.45) is 0 Å². The first-order valence-electron chi connectivity index (χ1n) is 9.96. The van der Waals surface area contributed by atoms with Crippen LogP contribution >= 0.6 is 0 Å². The zero-order valence-electron chi connectivity index (χ0n) is 17.7. The summed E-state index contributed by atoms with van der Waals surface area (Å²) in [4.78, 5) is 32.1. The maximum absolute atomic E-state index is 13.4. The highest BCUT2D eigenvalue weighted by Crippen LogP contribution is 2.33. The van der Waals surface area contributed by atoms with Crippen molar-refractivity contribution in [1.82, 2.24) is 9.88 Å².